The summed E-state index contributed by atoms with van der Waals surface area (Å²) in [7, 11) is -3.87. The molecule has 0 saturated carbocycles. The van der Waals surface area contributed by atoms with Gasteiger partial charge in [0.05, 0.1) is 34.0 Å². The van der Waals surface area contributed by atoms with Crippen LogP contribution in [0.5, 0.6) is 0 Å². The number of carbonyl (C=O) groups is 1. The molecule has 4 rings (SSSR count). The first kappa shape index (κ1) is 19.5. The number of carbonyl (C=O) groups excluding carboxylic acids is 1. The number of nitrogens with zero attached hydrogens (tertiary/aromatic N) is 2. The van der Waals surface area contributed by atoms with Crippen molar-refractivity contribution in [3.63, 3.8) is 0 Å². The van der Waals surface area contributed by atoms with Gasteiger partial charge in [0.2, 0.25) is 10.0 Å². The molecule has 7 nitrogen and oxygen atoms in total. The molecule has 8 heteroatoms. The fourth-order valence-corrected chi connectivity index (χ4v) is 4.02. The van der Waals surface area contributed by atoms with Crippen LogP contribution < -0.4 is 5.14 Å². The lowest BCUT2D eigenvalue weighted by atomic mass is 10.0. The number of nitriles is 1. The molecule has 0 fully saturated rings. The second-order valence-corrected chi connectivity index (χ2v) is 8.28. The van der Waals surface area contributed by atoms with Gasteiger partial charge >= 0.3 is 0 Å². The molecule has 1 aromatic heterocycles. The Morgan fingerprint density at radius 1 is 1.07 bits per heavy atom. The van der Waals surface area contributed by atoms with Gasteiger partial charge in [0.15, 0.2) is 5.78 Å². The molecule has 1 heterocycles. The number of fused-ring (bicyclic) bond motifs is 1. The molecular weight excluding hydrogens is 400 g/mol. The monoisotopic (exact) mass is 416 g/mol. The highest BCUT2D eigenvalue weighted by atomic mass is 32.2. The Morgan fingerprint density at radius 2 is 1.80 bits per heavy atom. The lowest BCUT2D eigenvalue weighted by molar-refractivity contribution is 0.0991. The largest absolute Gasteiger partial charge is 0.342 e. The third-order valence-corrected chi connectivity index (χ3v) is 5.67. The van der Waals surface area contributed by atoms with Crippen molar-refractivity contribution in [3.05, 3.63) is 83.7 Å². The summed E-state index contributed by atoms with van der Waals surface area (Å²) in [5.41, 5.74) is 3.50. The van der Waals surface area contributed by atoms with E-state index in [0.717, 1.165) is 0 Å². The molecule has 30 heavy (non-hydrogen) atoms. The van der Waals surface area contributed by atoms with Crippen LogP contribution in [-0.2, 0) is 16.4 Å². The summed E-state index contributed by atoms with van der Waals surface area (Å²) in [4.78, 5) is 20.2. The number of aromatic amines is 1. The zero-order chi connectivity index (χ0) is 21.3. The van der Waals surface area contributed by atoms with Crippen molar-refractivity contribution in [2.75, 3.05) is 0 Å². The van der Waals surface area contributed by atoms with E-state index >= 15 is 0 Å². The number of aromatic nitrogens is 2. The number of hydrogen-bond acceptors (Lipinski definition) is 5. The van der Waals surface area contributed by atoms with Gasteiger partial charge in [-0.2, -0.15) is 5.26 Å². The standard InChI is InChI=1S/C22H16N4O3S/c23-13-14-5-10-18-19(11-14)26-22(25-18)12-20(27)16-8-6-15(7-9-16)17-3-1-2-4-21(17)30(24,28)29/h1-11H,12H2,(H,25,26)(H2,24,28,29). The smallest absolute Gasteiger partial charge is 0.238 e. The van der Waals surface area contributed by atoms with E-state index in [1.807, 2.05) is 0 Å². The van der Waals surface area contributed by atoms with Crippen molar-refractivity contribution in [3.8, 4) is 17.2 Å². The summed E-state index contributed by atoms with van der Waals surface area (Å²) in [6.07, 6.45) is 0.0731. The Kier molecular flexibility index (Phi) is 4.91. The molecule has 0 saturated heterocycles. The molecule has 0 amide bonds. The van der Waals surface area contributed by atoms with Gasteiger partial charge in [-0.1, -0.05) is 42.5 Å². The van der Waals surface area contributed by atoms with Crippen LogP contribution in [0.4, 0.5) is 0 Å². The van der Waals surface area contributed by atoms with Crippen molar-refractivity contribution in [2.24, 2.45) is 5.14 Å². The molecule has 4 aromatic rings. The average molecular weight is 416 g/mol. The van der Waals surface area contributed by atoms with Crippen LogP contribution in [0.25, 0.3) is 22.2 Å². The van der Waals surface area contributed by atoms with E-state index in [1.54, 1.807) is 60.7 Å². The van der Waals surface area contributed by atoms with Crippen LogP contribution in [0, 0.1) is 11.3 Å². The quantitative estimate of drug-likeness (QED) is 0.483. The minimum Gasteiger partial charge on any atom is -0.342 e. The summed E-state index contributed by atoms with van der Waals surface area (Å²) in [5, 5.41) is 14.3. The Morgan fingerprint density at radius 3 is 2.50 bits per heavy atom. The van der Waals surface area contributed by atoms with Crippen molar-refractivity contribution in [1.29, 1.82) is 5.26 Å². The van der Waals surface area contributed by atoms with Gasteiger partial charge in [0.25, 0.3) is 0 Å². The predicted octanol–water partition coefficient (Wildman–Crippen LogP) is 3.17. The van der Waals surface area contributed by atoms with Crippen LogP contribution in [0.15, 0.2) is 71.6 Å². The van der Waals surface area contributed by atoms with Gasteiger partial charge in [0.1, 0.15) is 5.82 Å². The number of rotatable bonds is 5. The maximum atomic E-state index is 12.7. The number of hydrogen-bond donors (Lipinski definition) is 2. The van der Waals surface area contributed by atoms with Gasteiger partial charge in [-0.3, -0.25) is 4.79 Å². The lowest BCUT2D eigenvalue weighted by Crippen LogP contribution is -2.13. The average Bonchev–Trinajstić information content (AvgIpc) is 3.14. The highest BCUT2D eigenvalue weighted by Gasteiger charge is 2.16. The van der Waals surface area contributed by atoms with Crippen LogP contribution in [-0.4, -0.2) is 24.2 Å². The molecule has 0 bridgehead atoms. The molecule has 0 aliphatic heterocycles. The van der Waals surface area contributed by atoms with Crippen molar-refractivity contribution in [1.82, 2.24) is 9.97 Å². The molecule has 0 aliphatic rings. The molecule has 3 aromatic carbocycles. The van der Waals surface area contributed by atoms with E-state index in [1.165, 1.54) is 6.07 Å². The normalized spacial score (nSPS) is 11.3. The molecule has 0 aliphatic carbocycles. The Balaban J connectivity index is 1.58. The number of H-pyrrole nitrogens is 1. The molecule has 0 unspecified atom stereocenters. The van der Waals surface area contributed by atoms with E-state index in [4.69, 9.17) is 10.4 Å². The molecule has 0 atom stereocenters. The van der Waals surface area contributed by atoms with Crippen LogP contribution in [0.2, 0.25) is 0 Å². The number of Topliss-reactive ketones (excluding diaryl/α,β-unsaturated/α-hetero) is 1. The van der Waals surface area contributed by atoms with Gasteiger partial charge in [0, 0.05) is 11.1 Å². The van der Waals surface area contributed by atoms with Gasteiger partial charge < -0.3 is 4.98 Å². The number of primary sulfonamides is 1. The van der Waals surface area contributed by atoms with Crippen LogP contribution >= 0.6 is 0 Å². The second kappa shape index (κ2) is 7.55. The summed E-state index contributed by atoms with van der Waals surface area (Å²) in [6, 6.07) is 20.3. The zero-order valence-corrected chi connectivity index (χ0v) is 16.5. The van der Waals surface area contributed by atoms with E-state index in [2.05, 4.69) is 16.0 Å². The van der Waals surface area contributed by atoms with Crippen LogP contribution in [0.1, 0.15) is 21.7 Å². The van der Waals surface area contributed by atoms with Gasteiger partial charge in [-0.15, -0.1) is 0 Å². The fourth-order valence-electron chi connectivity index (χ4n) is 3.26. The third-order valence-electron chi connectivity index (χ3n) is 4.70. The zero-order valence-electron chi connectivity index (χ0n) is 15.7. The summed E-state index contributed by atoms with van der Waals surface area (Å²) in [5.74, 6) is 0.370. The van der Waals surface area contributed by atoms with Crippen molar-refractivity contribution >= 4 is 26.8 Å². The summed E-state index contributed by atoms with van der Waals surface area (Å²) < 4.78 is 23.6. The molecular formula is C22H16N4O3S. The Hall–Kier alpha value is -3.80. The number of benzene rings is 3. The number of imidazole rings is 1. The maximum Gasteiger partial charge on any atom is 0.238 e. The SMILES string of the molecule is N#Cc1ccc2nc(CC(=O)c3ccc(-c4ccccc4S(N)(=O)=O)cc3)[nH]c2c1. The highest BCUT2D eigenvalue weighted by molar-refractivity contribution is 7.89. The molecule has 148 valence electrons. The topological polar surface area (TPSA) is 130 Å². The first-order valence-corrected chi connectivity index (χ1v) is 10.5. The van der Waals surface area contributed by atoms with E-state index < -0.39 is 10.0 Å². The Labute approximate surface area is 172 Å². The predicted molar refractivity (Wildman–Crippen MR) is 112 cm³/mol. The van der Waals surface area contributed by atoms with E-state index in [9.17, 15) is 13.2 Å². The third kappa shape index (κ3) is 3.85. The molecule has 0 spiro atoms. The molecule has 3 N–H and O–H groups in total. The van der Waals surface area contributed by atoms with Crippen molar-refractivity contribution < 1.29 is 13.2 Å². The highest BCUT2D eigenvalue weighted by Crippen LogP contribution is 2.27. The minimum atomic E-state index is -3.87. The first-order chi connectivity index (χ1) is 14.3. The summed E-state index contributed by atoms with van der Waals surface area (Å²) >= 11 is 0. The molecule has 0 radical (unpaired) electrons. The first-order valence-electron chi connectivity index (χ1n) is 8.99. The fraction of sp³-hybridized carbons (Fsp3) is 0.0455. The van der Waals surface area contributed by atoms with Crippen molar-refractivity contribution in [2.45, 2.75) is 11.3 Å². The number of nitrogens with one attached hydrogen (secondary N) is 1. The van der Waals surface area contributed by atoms with E-state index in [-0.39, 0.29) is 17.1 Å². The number of ketones is 1. The second-order valence-electron chi connectivity index (χ2n) is 6.75. The van der Waals surface area contributed by atoms with Crippen LogP contribution in [0.3, 0.4) is 0 Å². The Bertz CT molecular complexity index is 1420. The van der Waals surface area contributed by atoms with E-state index in [0.29, 0.717) is 39.1 Å². The summed E-state index contributed by atoms with van der Waals surface area (Å²) in [6.45, 7) is 0. The van der Waals surface area contributed by atoms with Gasteiger partial charge in [-0.25, -0.2) is 18.5 Å². The minimum absolute atomic E-state index is 0.0306. The van der Waals surface area contributed by atoms with Gasteiger partial charge in [-0.05, 0) is 29.8 Å². The number of nitrogens with two attached hydrogens (primary N) is 1. The lowest BCUT2D eigenvalue weighted by Gasteiger charge is -2.08. The maximum absolute atomic E-state index is 12.7. The number of sulfonamides is 1.